The summed E-state index contributed by atoms with van der Waals surface area (Å²) in [6, 6.07) is 14.4. The topological polar surface area (TPSA) is 66.5 Å². The molecule has 1 aliphatic heterocycles. The summed E-state index contributed by atoms with van der Waals surface area (Å²) in [4.78, 5) is 38.2. The Kier molecular flexibility index (Phi) is 6.21. The van der Waals surface area contributed by atoms with Crippen LogP contribution in [0.2, 0.25) is 5.02 Å². The Morgan fingerprint density at radius 3 is 2.36 bits per heavy atom. The van der Waals surface area contributed by atoms with Crippen LogP contribution in [0.5, 0.6) is 0 Å². The average Bonchev–Trinajstić information content (AvgIpc) is 2.91. The number of nitrogens with zero attached hydrogens (tertiary/aromatic N) is 1. The zero-order valence-corrected chi connectivity index (χ0v) is 17.0. The van der Waals surface area contributed by atoms with Gasteiger partial charge >= 0.3 is 0 Å². The van der Waals surface area contributed by atoms with E-state index >= 15 is 0 Å². The molecule has 5 nitrogen and oxygen atoms in total. The fourth-order valence-corrected chi connectivity index (χ4v) is 3.61. The van der Waals surface area contributed by atoms with Crippen LogP contribution in [0, 0.1) is 0 Å². The molecule has 0 atom stereocenters. The maximum atomic E-state index is 12.5. The number of hydrogen-bond acceptors (Lipinski definition) is 4. The van der Waals surface area contributed by atoms with E-state index in [0.29, 0.717) is 16.6 Å². The lowest BCUT2D eigenvalue weighted by Crippen LogP contribution is -2.36. The molecule has 0 unspecified atom stereocenters. The Balaban J connectivity index is 1.65. The number of nitrogens with one attached hydrogen (secondary N) is 1. The standard InChI is InChI=1S/C21H19ClN2O3S/c1-13(2)15-5-9-17(10-6-15)23-19(25)12-24-20(26)18(28-21(24)27)11-14-3-7-16(22)8-4-14/h3-11,13H,12H2,1-2H3,(H,23,25)/b18-11+. The van der Waals surface area contributed by atoms with Gasteiger partial charge in [-0.05, 0) is 59.1 Å². The van der Waals surface area contributed by atoms with E-state index in [1.165, 1.54) is 0 Å². The molecular formula is C21H19ClN2O3S. The van der Waals surface area contributed by atoms with Gasteiger partial charge < -0.3 is 5.32 Å². The average molecular weight is 415 g/mol. The SMILES string of the molecule is CC(C)c1ccc(NC(=O)CN2C(=O)S/C(=C/c3ccc(Cl)cc3)C2=O)cc1. The van der Waals surface area contributed by atoms with Gasteiger partial charge in [0.2, 0.25) is 5.91 Å². The molecule has 1 fully saturated rings. The molecule has 0 aromatic heterocycles. The predicted octanol–water partition coefficient (Wildman–Crippen LogP) is 5.14. The first kappa shape index (κ1) is 20.2. The van der Waals surface area contributed by atoms with Crippen molar-refractivity contribution >= 4 is 52.2 Å². The van der Waals surface area contributed by atoms with Gasteiger partial charge in [-0.15, -0.1) is 0 Å². The van der Waals surface area contributed by atoms with Gasteiger partial charge in [-0.3, -0.25) is 19.3 Å². The molecule has 1 aliphatic rings. The van der Waals surface area contributed by atoms with Gasteiger partial charge in [-0.25, -0.2) is 0 Å². The number of carbonyl (C=O) groups excluding carboxylic acids is 3. The third-order valence-electron chi connectivity index (χ3n) is 4.20. The summed E-state index contributed by atoms with van der Waals surface area (Å²) in [5.74, 6) is -0.505. The van der Waals surface area contributed by atoms with Crippen LogP contribution >= 0.6 is 23.4 Å². The second kappa shape index (κ2) is 8.63. The van der Waals surface area contributed by atoms with Crippen molar-refractivity contribution in [3.63, 3.8) is 0 Å². The van der Waals surface area contributed by atoms with Gasteiger partial charge in [0.25, 0.3) is 11.1 Å². The molecule has 1 N–H and O–H groups in total. The van der Waals surface area contributed by atoms with Gasteiger partial charge in [-0.1, -0.05) is 49.7 Å². The van der Waals surface area contributed by atoms with Gasteiger partial charge in [0.1, 0.15) is 6.54 Å². The van der Waals surface area contributed by atoms with Crippen LogP contribution in [0.3, 0.4) is 0 Å². The van der Waals surface area contributed by atoms with Crippen molar-refractivity contribution in [3.05, 3.63) is 69.6 Å². The van der Waals surface area contributed by atoms with Gasteiger partial charge in [-0.2, -0.15) is 0 Å². The molecule has 1 heterocycles. The van der Waals surface area contributed by atoms with E-state index in [-0.39, 0.29) is 11.4 Å². The van der Waals surface area contributed by atoms with Crippen molar-refractivity contribution in [2.75, 3.05) is 11.9 Å². The molecule has 2 aromatic carbocycles. The van der Waals surface area contributed by atoms with Crippen LogP contribution in [-0.4, -0.2) is 28.5 Å². The second-order valence-corrected chi connectivity index (χ2v) is 8.07. The zero-order chi connectivity index (χ0) is 20.3. The summed E-state index contributed by atoms with van der Waals surface area (Å²) in [6.07, 6.45) is 1.61. The monoisotopic (exact) mass is 414 g/mol. The van der Waals surface area contributed by atoms with E-state index in [4.69, 9.17) is 11.6 Å². The molecule has 0 spiro atoms. The Morgan fingerprint density at radius 1 is 1.11 bits per heavy atom. The van der Waals surface area contributed by atoms with E-state index in [2.05, 4.69) is 19.2 Å². The minimum Gasteiger partial charge on any atom is -0.325 e. The quantitative estimate of drug-likeness (QED) is 0.688. The van der Waals surface area contributed by atoms with Crippen LogP contribution in [0.4, 0.5) is 10.5 Å². The van der Waals surface area contributed by atoms with E-state index in [1.807, 2.05) is 24.3 Å². The first-order valence-electron chi connectivity index (χ1n) is 8.74. The lowest BCUT2D eigenvalue weighted by atomic mass is 10.0. The van der Waals surface area contributed by atoms with Gasteiger partial charge in [0, 0.05) is 10.7 Å². The van der Waals surface area contributed by atoms with Crippen LogP contribution in [0.1, 0.15) is 30.9 Å². The first-order chi connectivity index (χ1) is 13.3. The van der Waals surface area contributed by atoms with Gasteiger partial charge in [0.15, 0.2) is 0 Å². The number of carbonyl (C=O) groups is 3. The third-order valence-corrected chi connectivity index (χ3v) is 5.36. The molecule has 7 heteroatoms. The Hall–Kier alpha value is -2.57. The number of imide groups is 1. The minimum absolute atomic E-state index is 0.279. The molecular weight excluding hydrogens is 396 g/mol. The summed E-state index contributed by atoms with van der Waals surface area (Å²) >= 11 is 6.67. The summed E-state index contributed by atoms with van der Waals surface area (Å²) in [5, 5.41) is 2.84. The maximum Gasteiger partial charge on any atom is 0.294 e. The highest BCUT2D eigenvalue weighted by molar-refractivity contribution is 8.18. The fourth-order valence-electron chi connectivity index (χ4n) is 2.64. The molecule has 0 saturated carbocycles. The van der Waals surface area contributed by atoms with Crippen LogP contribution in [0.25, 0.3) is 6.08 Å². The normalized spacial score (nSPS) is 15.6. The molecule has 2 aromatic rings. The van der Waals surface area contributed by atoms with Crippen molar-refractivity contribution in [3.8, 4) is 0 Å². The second-order valence-electron chi connectivity index (χ2n) is 6.64. The summed E-state index contributed by atoms with van der Waals surface area (Å²) < 4.78 is 0. The van der Waals surface area contributed by atoms with Crippen LogP contribution in [-0.2, 0) is 9.59 Å². The number of halogens is 1. The number of anilines is 1. The number of rotatable bonds is 5. The van der Waals surface area contributed by atoms with Crippen molar-refractivity contribution < 1.29 is 14.4 Å². The summed E-state index contributed by atoms with van der Waals surface area (Å²) in [6.45, 7) is 3.85. The zero-order valence-electron chi connectivity index (χ0n) is 15.4. The Bertz CT molecular complexity index is 937. The first-order valence-corrected chi connectivity index (χ1v) is 9.93. The maximum absolute atomic E-state index is 12.5. The largest absolute Gasteiger partial charge is 0.325 e. The predicted molar refractivity (Wildman–Crippen MR) is 113 cm³/mol. The Morgan fingerprint density at radius 2 is 1.75 bits per heavy atom. The van der Waals surface area contributed by atoms with Crippen molar-refractivity contribution in [1.82, 2.24) is 4.90 Å². The number of benzene rings is 2. The highest BCUT2D eigenvalue weighted by atomic mass is 35.5. The van der Waals surface area contributed by atoms with Crippen LogP contribution < -0.4 is 5.32 Å². The highest BCUT2D eigenvalue weighted by Crippen LogP contribution is 2.32. The summed E-state index contributed by atoms with van der Waals surface area (Å²) in [7, 11) is 0. The summed E-state index contributed by atoms with van der Waals surface area (Å²) in [5.41, 5.74) is 2.54. The lowest BCUT2D eigenvalue weighted by molar-refractivity contribution is -0.127. The molecule has 0 bridgehead atoms. The molecule has 0 radical (unpaired) electrons. The van der Waals surface area contributed by atoms with Crippen molar-refractivity contribution in [1.29, 1.82) is 0 Å². The van der Waals surface area contributed by atoms with E-state index in [9.17, 15) is 14.4 Å². The number of amides is 3. The third kappa shape index (κ3) is 4.82. The molecule has 3 amide bonds. The number of hydrogen-bond donors (Lipinski definition) is 1. The van der Waals surface area contributed by atoms with E-state index < -0.39 is 17.1 Å². The number of thioether (sulfide) groups is 1. The molecule has 28 heavy (non-hydrogen) atoms. The van der Waals surface area contributed by atoms with E-state index in [1.54, 1.807) is 30.3 Å². The van der Waals surface area contributed by atoms with Gasteiger partial charge in [0.05, 0.1) is 4.91 Å². The Labute approximate surface area is 172 Å². The van der Waals surface area contributed by atoms with Crippen LogP contribution in [0.15, 0.2) is 53.4 Å². The van der Waals surface area contributed by atoms with Crippen molar-refractivity contribution in [2.45, 2.75) is 19.8 Å². The molecule has 0 aliphatic carbocycles. The molecule has 1 saturated heterocycles. The smallest absolute Gasteiger partial charge is 0.294 e. The molecule has 144 valence electrons. The highest BCUT2D eigenvalue weighted by Gasteiger charge is 2.36. The van der Waals surface area contributed by atoms with Crippen molar-refractivity contribution in [2.24, 2.45) is 0 Å². The van der Waals surface area contributed by atoms with E-state index in [0.717, 1.165) is 27.8 Å². The lowest BCUT2D eigenvalue weighted by Gasteiger charge is -2.13. The molecule has 3 rings (SSSR count). The minimum atomic E-state index is -0.477. The fraction of sp³-hybridized carbons (Fsp3) is 0.190.